The number of carbonyl (C=O) groups excluding carboxylic acids is 2. The second kappa shape index (κ2) is 7.03. The molecule has 0 aliphatic carbocycles. The standard InChI is InChI=1S/C22H19N3O2/c1-14-9-18(6-7-19(14)17-3-2-8-23-13-17)24-21(26)11-15-4-5-16-12-22(27)25-20(16)10-15/h2-10,13H,11-12H2,1H3,(H,24,26)(H,25,27). The van der Waals surface area contributed by atoms with Gasteiger partial charge in [0.1, 0.15) is 0 Å². The van der Waals surface area contributed by atoms with Gasteiger partial charge >= 0.3 is 0 Å². The molecule has 0 spiro atoms. The maximum absolute atomic E-state index is 12.4. The number of nitrogens with zero attached hydrogens (tertiary/aromatic N) is 1. The number of rotatable bonds is 4. The molecule has 0 radical (unpaired) electrons. The number of anilines is 2. The van der Waals surface area contributed by atoms with Crippen molar-refractivity contribution in [1.82, 2.24) is 4.98 Å². The highest BCUT2D eigenvalue weighted by Gasteiger charge is 2.18. The van der Waals surface area contributed by atoms with E-state index in [1.165, 1.54) is 0 Å². The Balaban J connectivity index is 1.45. The van der Waals surface area contributed by atoms with Crippen LogP contribution in [0.3, 0.4) is 0 Å². The van der Waals surface area contributed by atoms with Gasteiger partial charge in [-0.15, -0.1) is 0 Å². The van der Waals surface area contributed by atoms with E-state index in [0.29, 0.717) is 6.42 Å². The minimum absolute atomic E-state index is 0.00391. The van der Waals surface area contributed by atoms with Crippen molar-refractivity contribution in [3.8, 4) is 11.1 Å². The van der Waals surface area contributed by atoms with E-state index in [2.05, 4.69) is 15.6 Å². The summed E-state index contributed by atoms with van der Waals surface area (Å²) in [6.45, 7) is 2.02. The van der Waals surface area contributed by atoms with Crippen LogP contribution in [-0.2, 0) is 22.4 Å². The number of carbonyl (C=O) groups is 2. The van der Waals surface area contributed by atoms with Gasteiger partial charge in [-0.3, -0.25) is 14.6 Å². The second-order valence-electron chi connectivity index (χ2n) is 6.71. The Bertz CT molecular complexity index is 1030. The summed E-state index contributed by atoms with van der Waals surface area (Å²) in [4.78, 5) is 28.0. The van der Waals surface area contributed by atoms with Crippen LogP contribution in [0.5, 0.6) is 0 Å². The normalized spacial score (nSPS) is 12.4. The highest BCUT2D eigenvalue weighted by atomic mass is 16.2. The van der Waals surface area contributed by atoms with E-state index in [1.54, 1.807) is 6.20 Å². The van der Waals surface area contributed by atoms with Gasteiger partial charge in [-0.1, -0.05) is 24.3 Å². The van der Waals surface area contributed by atoms with Crippen LogP contribution in [0.1, 0.15) is 16.7 Å². The van der Waals surface area contributed by atoms with E-state index in [-0.39, 0.29) is 18.2 Å². The van der Waals surface area contributed by atoms with Crippen molar-refractivity contribution in [2.45, 2.75) is 19.8 Å². The first kappa shape index (κ1) is 17.0. The molecular weight excluding hydrogens is 338 g/mol. The third-order valence-corrected chi connectivity index (χ3v) is 4.65. The molecular formula is C22H19N3O2. The van der Waals surface area contributed by atoms with E-state index in [1.807, 2.05) is 61.7 Å². The largest absolute Gasteiger partial charge is 0.326 e. The van der Waals surface area contributed by atoms with Crippen LogP contribution < -0.4 is 10.6 Å². The molecule has 0 bridgehead atoms. The average molecular weight is 357 g/mol. The molecule has 2 N–H and O–H groups in total. The molecule has 2 heterocycles. The van der Waals surface area contributed by atoms with Gasteiger partial charge in [0.25, 0.3) is 0 Å². The summed E-state index contributed by atoms with van der Waals surface area (Å²) in [5, 5.41) is 5.76. The van der Waals surface area contributed by atoms with E-state index < -0.39 is 0 Å². The Hall–Kier alpha value is -3.47. The van der Waals surface area contributed by atoms with Gasteiger partial charge < -0.3 is 10.6 Å². The fraction of sp³-hybridized carbons (Fsp3) is 0.136. The topological polar surface area (TPSA) is 71.1 Å². The van der Waals surface area contributed by atoms with Crippen LogP contribution in [0.2, 0.25) is 0 Å². The molecule has 0 atom stereocenters. The van der Waals surface area contributed by atoms with E-state index in [9.17, 15) is 9.59 Å². The molecule has 4 rings (SSSR count). The van der Waals surface area contributed by atoms with Crippen LogP contribution in [-0.4, -0.2) is 16.8 Å². The highest BCUT2D eigenvalue weighted by Crippen LogP contribution is 2.26. The lowest BCUT2D eigenvalue weighted by Crippen LogP contribution is -2.14. The molecule has 134 valence electrons. The van der Waals surface area contributed by atoms with Gasteiger partial charge in [-0.2, -0.15) is 0 Å². The van der Waals surface area contributed by atoms with Crippen molar-refractivity contribution in [3.63, 3.8) is 0 Å². The zero-order valence-electron chi connectivity index (χ0n) is 15.0. The predicted octanol–water partition coefficient (Wildman–Crippen LogP) is 3.73. The summed E-state index contributed by atoms with van der Waals surface area (Å²) in [6, 6.07) is 15.4. The number of hydrogen-bond donors (Lipinski definition) is 2. The molecule has 27 heavy (non-hydrogen) atoms. The third kappa shape index (κ3) is 3.72. The fourth-order valence-corrected chi connectivity index (χ4v) is 3.35. The molecule has 2 amide bonds. The number of aromatic nitrogens is 1. The first-order valence-corrected chi connectivity index (χ1v) is 8.81. The Morgan fingerprint density at radius 3 is 2.85 bits per heavy atom. The van der Waals surface area contributed by atoms with Gasteiger partial charge in [-0.25, -0.2) is 0 Å². The summed E-state index contributed by atoms with van der Waals surface area (Å²) in [5.74, 6) is -0.0939. The SMILES string of the molecule is Cc1cc(NC(=O)Cc2ccc3c(c2)NC(=O)C3)ccc1-c1cccnc1. The zero-order chi connectivity index (χ0) is 18.8. The number of nitrogens with one attached hydrogen (secondary N) is 2. The fourth-order valence-electron chi connectivity index (χ4n) is 3.35. The zero-order valence-corrected chi connectivity index (χ0v) is 15.0. The third-order valence-electron chi connectivity index (χ3n) is 4.65. The molecule has 0 saturated carbocycles. The van der Waals surface area contributed by atoms with Crippen molar-refractivity contribution in [2.75, 3.05) is 10.6 Å². The molecule has 0 unspecified atom stereocenters. The number of hydrogen-bond acceptors (Lipinski definition) is 3. The molecule has 0 fully saturated rings. The maximum atomic E-state index is 12.4. The monoisotopic (exact) mass is 357 g/mol. The molecule has 1 aliphatic rings. The molecule has 1 aliphatic heterocycles. The average Bonchev–Trinajstić information content (AvgIpc) is 3.02. The van der Waals surface area contributed by atoms with Crippen LogP contribution in [0.25, 0.3) is 11.1 Å². The lowest BCUT2D eigenvalue weighted by molar-refractivity contribution is -0.116. The van der Waals surface area contributed by atoms with Crippen molar-refractivity contribution >= 4 is 23.2 Å². The van der Waals surface area contributed by atoms with Gasteiger partial charge in [-0.05, 0) is 53.4 Å². The molecule has 0 saturated heterocycles. The summed E-state index contributed by atoms with van der Waals surface area (Å²) >= 11 is 0. The Morgan fingerprint density at radius 2 is 2.07 bits per heavy atom. The first-order valence-electron chi connectivity index (χ1n) is 8.81. The van der Waals surface area contributed by atoms with Crippen molar-refractivity contribution in [1.29, 1.82) is 0 Å². The molecule has 1 aromatic heterocycles. The summed E-state index contributed by atoms with van der Waals surface area (Å²) in [7, 11) is 0. The number of fused-ring (bicyclic) bond motifs is 1. The lowest BCUT2D eigenvalue weighted by atomic mass is 10.0. The summed E-state index contributed by atoms with van der Waals surface area (Å²) in [6.07, 6.45) is 4.24. The van der Waals surface area contributed by atoms with Crippen LogP contribution in [0.4, 0.5) is 11.4 Å². The van der Waals surface area contributed by atoms with Crippen molar-refractivity contribution in [3.05, 3.63) is 77.6 Å². The minimum Gasteiger partial charge on any atom is -0.326 e. The van der Waals surface area contributed by atoms with Gasteiger partial charge in [0.15, 0.2) is 0 Å². The molecule has 2 aromatic carbocycles. The maximum Gasteiger partial charge on any atom is 0.228 e. The summed E-state index contributed by atoms with van der Waals surface area (Å²) < 4.78 is 0. The Labute approximate surface area is 157 Å². The number of amides is 2. The summed E-state index contributed by atoms with van der Waals surface area (Å²) in [5.41, 5.74) is 6.63. The predicted molar refractivity (Wildman–Crippen MR) is 106 cm³/mol. The number of benzene rings is 2. The number of aryl methyl sites for hydroxylation is 1. The smallest absolute Gasteiger partial charge is 0.228 e. The van der Waals surface area contributed by atoms with E-state index in [0.717, 1.165) is 39.2 Å². The first-order chi connectivity index (χ1) is 13.1. The van der Waals surface area contributed by atoms with Crippen LogP contribution >= 0.6 is 0 Å². The molecule has 5 nitrogen and oxygen atoms in total. The lowest BCUT2D eigenvalue weighted by Gasteiger charge is -2.10. The van der Waals surface area contributed by atoms with Gasteiger partial charge in [0, 0.05) is 29.3 Å². The second-order valence-corrected chi connectivity index (χ2v) is 6.71. The van der Waals surface area contributed by atoms with Gasteiger partial charge in [0.05, 0.1) is 12.8 Å². The van der Waals surface area contributed by atoms with E-state index >= 15 is 0 Å². The van der Waals surface area contributed by atoms with Gasteiger partial charge in [0.2, 0.25) is 11.8 Å². The van der Waals surface area contributed by atoms with Crippen LogP contribution in [0.15, 0.2) is 60.9 Å². The minimum atomic E-state index is -0.0900. The molecule has 5 heteroatoms. The van der Waals surface area contributed by atoms with Crippen LogP contribution in [0, 0.1) is 6.92 Å². The Morgan fingerprint density at radius 1 is 1.19 bits per heavy atom. The van der Waals surface area contributed by atoms with E-state index in [4.69, 9.17) is 0 Å². The quantitative estimate of drug-likeness (QED) is 0.747. The number of pyridine rings is 1. The van der Waals surface area contributed by atoms with Crippen molar-refractivity contribution in [2.24, 2.45) is 0 Å². The van der Waals surface area contributed by atoms with Crippen molar-refractivity contribution < 1.29 is 9.59 Å². The highest BCUT2D eigenvalue weighted by molar-refractivity contribution is 5.99. The Kier molecular flexibility index (Phi) is 4.42. The molecule has 3 aromatic rings.